The monoisotopic (exact) mass is 306 g/mol. The summed E-state index contributed by atoms with van der Waals surface area (Å²) in [4.78, 5) is 18.2. The zero-order valence-corrected chi connectivity index (χ0v) is 13.8. The fourth-order valence-electron chi connectivity index (χ4n) is 3.40. The van der Waals surface area contributed by atoms with Gasteiger partial charge in [0.25, 0.3) is 0 Å². The minimum atomic E-state index is -0.193. The van der Waals surface area contributed by atoms with Crippen LogP contribution in [0.1, 0.15) is 51.9 Å². The quantitative estimate of drug-likeness (QED) is 0.448. The molecule has 0 bridgehead atoms. The minimum Gasteiger partial charge on any atom is -0.370 e. The number of nitrogens with zero attached hydrogens (tertiary/aromatic N) is 2. The largest absolute Gasteiger partial charge is 0.370 e. The van der Waals surface area contributed by atoms with Crippen LogP contribution >= 0.6 is 0 Å². The minimum absolute atomic E-state index is 0.193. The number of aliphatic imine (C=N–C) groups is 1. The first-order valence-corrected chi connectivity index (χ1v) is 8.68. The number of allylic oxidation sites excluding steroid dienone is 1. The molecule has 1 amide bonds. The molecule has 0 aromatic rings. The Labute approximate surface area is 134 Å². The zero-order chi connectivity index (χ0) is 15.8. The van der Waals surface area contributed by atoms with Crippen LogP contribution < -0.4 is 11.1 Å². The van der Waals surface area contributed by atoms with Gasteiger partial charge in [0.1, 0.15) is 0 Å². The lowest BCUT2D eigenvalue weighted by Gasteiger charge is -2.34. The van der Waals surface area contributed by atoms with E-state index >= 15 is 0 Å². The Morgan fingerprint density at radius 2 is 2.36 bits per heavy atom. The van der Waals surface area contributed by atoms with Crippen LogP contribution in [0.25, 0.3) is 0 Å². The van der Waals surface area contributed by atoms with Crippen molar-refractivity contribution in [2.75, 3.05) is 26.2 Å². The van der Waals surface area contributed by atoms with Crippen molar-refractivity contribution in [3.8, 4) is 0 Å². The third-order valence-corrected chi connectivity index (χ3v) is 4.47. The molecule has 0 aromatic carbocycles. The predicted octanol–water partition coefficient (Wildman–Crippen LogP) is 2.04. The normalized spacial score (nSPS) is 22.6. The molecule has 2 rings (SSSR count). The second-order valence-corrected chi connectivity index (χ2v) is 6.36. The van der Waals surface area contributed by atoms with E-state index in [1.54, 1.807) is 5.57 Å². The lowest BCUT2D eigenvalue weighted by atomic mass is 9.95. The highest BCUT2D eigenvalue weighted by molar-refractivity contribution is 5.80. The van der Waals surface area contributed by atoms with Crippen LogP contribution in [0.3, 0.4) is 0 Å². The van der Waals surface area contributed by atoms with E-state index in [-0.39, 0.29) is 5.91 Å². The highest BCUT2D eigenvalue weighted by Gasteiger charge is 2.23. The Kier molecular flexibility index (Phi) is 6.74. The summed E-state index contributed by atoms with van der Waals surface area (Å²) in [6.07, 6.45) is 9.91. The number of carbonyl (C=O) groups is 1. The molecular weight excluding hydrogens is 276 g/mol. The summed E-state index contributed by atoms with van der Waals surface area (Å²) in [7, 11) is 0. The fraction of sp³-hybridized carbons (Fsp3) is 0.765. The molecule has 1 atom stereocenters. The molecule has 5 nitrogen and oxygen atoms in total. The number of guanidine groups is 1. The highest BCUT2D eigenvalue weighted by Crippen LogP contribution is 2.21. The number of piperidine rings is 1. The van der Waals surface area contributed by atoms with Crippen LogP contribution in [0.4, 0.5) is 0 Å². The van der Waals surface area contributed by atoms with Gasteiger partial charge in [-0.2, -0.15) is 0 Å². The Bertz CT molecular complexity index is 430. The molecule has 1 aliphatic heterocycles. The molecule has 0 aromatic heterocycles. The molecule has 1 fully saturated rings. The predicted molar refractivity (Wildman–Crippen MR) is 90.6 cm³/mol. The second-order valence-electron chi connectivity index (χ2n) is 6.36. The maximum absolute atomic E-state index is 11.1. The number of hydrogen-bond donors (Lipinski definition) is 2. The van der Waals surface area contributed by atoms with Crippen molar-refractivity contribution in [3.63, 3.8) is 0 Å². The maximum Gasteiger partial charge on any atom is 0.217 e. The van der Waals surface area contributed by atoms with Crippen molar-refractivity contribution in [2.24, 2.45) is 16.6 Å². The number of likely N-dealkylation sites (tertiary alicyclic amines) is 1. The zero-order valence-electron chi connectivity index (χ0n) is 13.8. The Hall–Kier alpha value is -1.52. The molecule has 1 saturated heterocycles. The molecule has 124 valence electrons. The molecule has 3 N–H and O–H groups in total. The number of rotatable bonds is 6. The van der Waals surface area contributed by atoms with Crippen LogP contribution in [-0.2, 0) is 4.79 Å². The summed E-state index contributed by atoms with van der Waals surface area (Å²) in [6, 6.07) is 0. The molecule has 0 spiro atoms. The smallest absolute Gasteiger partial charge is 0.217 e. The van der Waals surface area contributed by atoms with Crippen molar-refractivity contribution >= 4 is 11.9 Å². The van der Waals surface area contributed by atoms with Gasteiger partial charge in [-0.05, 0) is 51.4 Å². The molecule has 2 aliphatic rings. The van der Waals surface area contributed by atoms with E-state index < -0.39 is 0 Å². The van der Waals surface area contributed by atoms with Gasteiger partial charge in [-0.25, -0.2) is 0 Å². The van der Waals surface area contributed by atoms with E-state index in [1.165, 1.54) is 19.3 Å². The van der Waals surface area contributed by atoms with E-state index in [0.717, 1.165) is 51.4 Å². The molecular formula is C17H30N4O. The van der Waals surface area contributed by atoms with Crippen LogP contribution in [0.5, 0.6) is 0 Å². The van der Waals surface area contributed by atoms with Crippen molar-refractivity contribution in [2.45, 2.75) is 51.9 Å². The van der Waals surface area contributed by atoms with Gasteiger partial charge in [0.15, 0.2) is 5.96 Å². The van der Waals surface area contributed by atoms with Crippen LogP contribution in [0.15, 0.2) is 16.6 Å². The van der Waals surface area contributed by atoms with Gasteiger partial charge >= 0.3 is 0 Å². The third kappa shape index (κ3) is 5.35. The number of hydrogen-bond acceptors (Lipinski definition) is 2. The van der Waals surface area contributed by atoms with Gasteiger partial charge in [-0.15, -0.1) is 0 Å². The summed E-state index contributed by atoms with van der Waals surface area (Å²) in [5.41, 5.74) is 6.90. The van der Waals surface area contributed by atoms with E-state index in [4.69, 9.17) is 10.7 Å². The lowest BCUT2D eigenvalue weighted by molar-refractivity contribution is -0.119. The van der Waals surface area contributed by atoms with Gasteiger partial charge in [-0.3, -0.25) is 9.79 Å². The standard InChI is InChI=1S/C17H30N4O/c1-2-19-17(20-10-9-14-6-3-4-7-14)21-11-5-8-15(13-21)12-16(18)22/h6,15H,2-5,7-13H2,1H3,(H2,18,22)(H,19,20). The maximum atomic E-state index is 11.1. The Morgan fingerprint density at radius 1 is 1.50 bits per heavy atom. The van der Waals surface area contributed by atoms with Crippen molar-refractivity contribution in [1.29, 1.82) is 0 Å². The second kappa shape index (κ2) is 8.81. The molecule has 22 heavy (non-hydrogen) atoms. The van der Waals surface area contributed by atoms with Gasteiger partial charge < -0.3 is 16.0 Å². The van der Waals surface area contributed by atoms with Gasteiger partial charge in [0.05, 0.1) is 0 Å². The van der Waals surface area contributed by atoms with Crippen LogP contribution in [0.2, 0.25) is 0 Å². The average molecular weight is 306 g/mol. The molecule has 1 aliphatic carbocycles. The third-order valence-electron chi connectivity index (χ3n) is 4.47. The van der Waals surface area contributed by atoms with Gasteiger partial charge in [0, 0.05) is 32.6 Å². The fourth-order valence-corrected chi connectivity index (χ4v) is 3.40. The van der Waals surface area contributed by atoms with Crippen molar-refractivity contribution in [3.05, 3.63) is 11.6 Å². The summed E-state index contributed by atoms with van der Waals surface area (Å²) >= 11 is 0. The molecule has 0 saturated carbocycles. The first-order valence-electron chi connectivity index (χ1n) is 8.68. The molecule has 1 heterocycles. The Morgan fingerprint density at radius 3 is 3.05 bits per heavy atom. The first-order chi connectivity index (χ1) is 10.7. The number of carbonyl (C=O) groups excluding carboxylic acids is 1. The highest BCUT2D eigenvalue weighted by atomic mass is 16.1. The van der Waals surface area contributed by atoms with E-state index in [1.807, 2.05) is 0 Å². The number of amides is 1. The first kappa shape index (κ1) is 16.8. The van der Waals surface area contributed by atoms with Crippen LogP contribution in [-0.4, -0.2) is 42.9 Å². The summed E-state index contributed by atoms with van der Waals surface area (Å²) in [5.74, 6) is 1.17. The SMILES string of the molecule is CCNC(=NCCC1=CCCC1)N1CCCC(CC(N)=O)C1. The Balaban J connectivity index is 1.89. The van der Waals surface area contributed by atoms with Crippen molar-refractivity contribution < 1.29 is 4.79 Å². The van der Waals surface area contributed by atoms with E-state index in [0.29, 0.717) is 12.3 Å². The molecule has 1 unspecified atom stereocenters. The van der Waals surface area contributed by atoms with E-state index in [9.17, 15) is 4.79 Å². The summed E-state index contributed by atoms with van der Waals surface area (Å²) in [5, 5.41) is 3.39. The topological polar surface area (TPSA) is 70.7 Å². The van der Waals surface area contributed by atoms with Gasteiger partial charge in [0.2, 0.25) is 5.91 Å². The number of nitrogens with one attached hydrogen (secondary N) is 1. The number of nitrogens with two attached hydrogens (primary N) is 1. The lowest BCUT2D eigenvalue weighted by Crippen LogP contribution is -2.47. The number of primary amides is 1. The van der Waals surface area contributed by atoms with Gasteiger partial charge in [-0.1, -0.05) is 11.6 Å². The summed E-state index contributed by atoms with van der Waals surface area (Å²) in [6.45, 7) is 5.73. The van der Waals surface area contributed by atoms with Crippen LogP contribution in [0, 0.1) is 5.92 Å². The molecule has 0 radical (unpaired) electrons. The van der Waals surface area contributed by atoms with Crippen molar-refractivity contribution in [1.82, 2.24) is 10.2 Å². The summed E-state index contributed by atoms with van der Waals surface area (Å²) < 4.78 is 0. The molecule has 5 heteroatoms. The van der Waals surface area contributed by atoms with E-state index in [2.05, 4.69) is 23.2 Å². The average Bonchev–Trinajstić information content (AvgIpc) is 2.99.